The molecule has 0 saturated heterocycles. The van der Waals surface area contributed by atoms with E-state index in [0.29, 0.717) is 30.8 Å². The SMILES string of the molecule is O=C/C=C\c1cc(C(F)F)c(OCC2CC2)cc1CC1(N/C=C\C(=O)O)CCC1. The first-order valence-corrected chi connectivity index (χ1v) is 9.79. The van der Waals surface area contributed by atoms with Gasteiger partial charge in [0.15, 0.2) is 0 Å². The van der Waals surface area contributed by atoms with Gasteiger partial charge in [0.05, 0.1) is 12.2 Å². The fourth-order valence-electron chi connectivity index (χ4n) is 3.53. The van der Waals surface area contributed by atoms with E-state index in [9.17, 15) is 18.4 Å². The second kappa shape index (κ2) is 9.20. The molecular weight excluding hydrogens is 380 g/mol. The first-order chi connectivity index (χ1) is 13.9. The summed E-state index contributed by atoms with van der Waals surface area (Å²) < 4.78 is 32.9. The molecule has 156 valence electrons. The van der Waals surface area contributed by atoms with Crippen molar-refractivity contribution in [2.45, 2.75) is 50.5 Å². The zero-order chi connectivity index (χ0) is 20.9. The van der Waals surface area contributed by atoms with Crippen molar-refractivity contribution in [2.75, 3.05) is 6.61 Å². The summed E-state index contributed by atoms with van der Waals surface area (Å²) in [5.41, 5.74) is 0.813. The smallest absolute Gasteiger partial charge is 0.329 e. The van der Waals surface area contributed by atoms with E-state index in [1.807, 2.05) is 0 Å². The Morgan fingerprint density at radius 1 is 1.34 bits per heavy atom. The van der Waals surface area contributed by atoms with Gasteiger partial charge in [-0.05, 0) is 73.8 Å². The molecule has 5 nitrogen and oxygen atoms in total. The Balaban J connectivity index is 1.90. The largest absolute Gasteiger partial charge is 0.493 e. The summed E-state index contributed by atoms with van der Waals surface area (Å²) in [6.07, 6.45) is 8.48. The summed E-state index contributed by atoms with van der Waals surface area (Å²) in [4.78, 5) is 21.5. The maximum absolute atomic E-state index is 13.6. The number of nitrogens with one attached hydrogen (secondary N) is 1. The van der Waals surface area contributed by atoms with E-state index in [2.05, 4.69) is 5.32 Å². The van der Waals surface area contributed by atoms with Gasteiger partial charge in [0.2, 0.25) is 0 Å². The maximum atomic E-state index is 13.6. The predicted molar refractivity (Wildman–Crippen MR) is 105 cm³/mol. The molecule has 7 heteroatoms. The third-order valence-electron chi connectivity index (χ3n) is 5.49. The number of carboxylic acid groups (broad SMARTS) is 1. The second-order valence-corrected chi connectivity index (χ2v) is 7.77. The van der Waals surface area contributed by atoms with E-state index in [-0.39, 0.29) is 16.9 Å². The minimum atomic E-state index is -2.68. The Morgan fingerprint density at radius 3 is 2.66 bits per heavy atom. The minimum Gasteiger partial charge on any atom is -0.493 e. The highest BCUT2D eigenvalue weighted by molar-refractivity contribution is 5.79. The quantitative estimate of drug-likeness (QED) is 0.425. The molecule has 0 heterocycles. The first-order valence-electron chi connectivity index (χ1n) is 9.79. The molecule has 0 bridgehead atoms. The predicted octanol–water partition coefficient (Wildman–Crippen LogP) is 4.28. The molecule has 29 heavy (non-hydrogen) atoms. The third-order valence-corrected chi connectivity index (χ3v) is 5.49. The molecule has 2 saturated carbocycles. The molecule has 2 fully saturated rings. The molecule has 1 aromatic rings. The zero-order valence-electron chi connectivity index (χ0n) is 16.1. The molecule has 2 aliphatic rings. The average molecular weight is 405 g/mol. The lowest BCUT2D eigenvalue weighted by Gasteiger charge is -2.43. The van der Waals surface area contributed by atoms with Crippen molar-refractivity contribution < 1.29 is 28.2 Å². The van der Waals surface area contributed by atoms with Gasteiger partial charge in [0.1, 0.15) is 12.0 Å². The van der Waals surface area contributed by atoms with Gasteiger partial charge in [-0.3, -0.25) is 4.79 Å². The van der Waals surface area contributed by atoms with Crippen LogP contribution >= 0.6 is 0 Å². The number of benzene rings is 1. The van der Waals surface area contributed by atoms with Gasteiger partial charge in [0.25, 0.3) is 6.43 Å². The number of aliphatic carboxylic acids is 1. The number of alkyl halides is 2. The van der Waals surface area contributed by atoms with Crippen LogP contribution in [-0.2, 0) is 16.0 Å². The first kappa shape index (κ1) is 21.0. The van der Waals surface area contributed by atoms with E-state index in [1.54, 1.807) is 6.07 Å². The topological polar surface area (TPSA) is 75.6 Å². The van der Waals surface area contributed by atoms with Crippen molar-refractivity contribution in [3.8, 4) is 5.75 Å². The number of allylic oxidation sites excluding steroid dienone is 1. The lowest BCUT2D eigenvalue weighted by atomic mass is 9.72. The van der Waals surface area contributed by atoms with Crippen LogP contribution in [0.2, 0.25) is 0 Å². The van der Waals surface area contributed by atoms with Gasteiger partial charge in [-0.2, -0.15) is 0 Å². The van der Waals surface area contributed by atoms with Crippen molar-refractivity contribution in [3.05, 3.63) is 47.2 Å². The fourth-order valence-corrected chi connectivity index (χ4v) is 3.53. The number of ether oxygens (including phenoxy) is 1. The monoisotopic (exact) mass is 405 g/mol. The summed E-state index contributed by atoms with van der Waals surface area (Å²) in [5.74, 6) is -0.432. The Bertz CT molecular complexity index is 811. The second-order valence-electron chi connectivity index (χ2n) is 7.77. The Labute approximate surface area is 168 Å². The summed E-state index contributed by atoms with van der Waals surface area (Å²) in [6.45, 7) is 0.424. The van der Waals surface area contributed by atoms with Gasteiger partial charge in [-0.1, -0.05) is 6.08 Å². The highest BCUT2D eigenvalue weighted by atomic mass is 19.3. The standard InChI is InChI=1S/C22H25F2NO4/c23-21(24)18-11-16(3-1-10-26)17(12-19(18)29-14-15-4-5-15)13-22(7-2-8-22)25-9-6-20(27)28/h1,3,6,9-12,15,21,25H,2,4-5,7-8,13-14H2,(H,27,28)/b3-1-,9-6-. The molecule has 0 aromatic heterocycles. The van der Waals surface area contributed by atoms with E-state index >= 15 is 0 Å². The summed E-state index contributed by atoms with van der Waals surface area (Å²) >= 11 is 0. The third kappa shape index (κ3) is 5.65. The Kier molecular flexibility index (Phi) is 6.67. The molecule has 0 radical (unpaired) electrons. The lowest BCUT2D eigenvalue weighted by molar-refractivity contribution is -0.131. The number of carbonyl (C=O) groups excluding carboxylic acids is 1. The average Bonchev–Trinajstić information content (AvgIpc) is 3.47. The van der Waals surface area contributed by atoms with Crippen LogP contribution in [0.3, 0.4) is 0 Å². The summed E-state index contributed by atoms with van der Waals surface area (Å²) in [6, 6.07) is 3.04. The van der Waals surface area contributed by atoms with E-state index in [1.165, 1.54) is 24.4 Å². The van der Waals surface area contributed by atoms with Crippen LogP contribution in [0.25, 0.3) is 6.08 Å². The lowest BCUT2D eigenvalue weighted by Crippen LogP contribution is -2.50. The van der Waals surface area contributed by atoms with Crippen LogP contribution < -0.4 is 10.1 Å². The van der Waals surface area contributed by atoms with Crippen molar-refractivity contribution >= 4 is 18.3 Å². The van der Waals surface area contributed by atoms with Gasteiger partial charge in [-0.15, -0.1) is 0 Å². The van der Waals surface area contributed by atoms with Crippen LogP contribution in [0, 0.1) is 5.92 Å². The van der Waals surface area contributed by atoms with Crippen molar-refractivity contribution in [2.24, 2.45) is 5.92 Å². The van der Waals surface area contributed by atoms with Crippen LogP contribution in [0.15, 0.2) is 30.5 Å². The number of hydrogen-bond acceptors (Lipinski definition) is 4. The molecule has 0 aliphatic heterocycles. The summed E-state index contributed by atoms with van der Waals surface area (Å²) in [5, 5.41) is 12.0. The number of carbonyl (C=O) groups is 2. The molecule has 0 amide bonds. The minimum absolute atomic E-state index is 0.179. The fraction of sp³-hybridized carbons (Fsp3) is 0.455. The van der Waals surface area contributed by atoms with Crippen molar-refractivity contribution in [1.29, 1.82) is 0 Å². The highest BCUT2D eigenvalue weighted by Gasteiger charge is 2.37. The number of carboxylic acids is 1. The number of halogens is 2. The zero-order valence-corrected chi connectivity index (χ0v) is 16.1. The van der Waals surface area contributed by atoms with E-state index < -0.39 is 12.4 Å². The Morgan fingerprint density at radius 2 is 2.10 bits per heavy atom. The van der Waals surface area contributed by atoms with Crippen LogP contribution in [0.4, 0.5) is 8.78 Å². The molecule has 2 aliphatic carbocycles. The maximum Gasteiger partial charge on any atom is 0.329 e. The molecule has 0 spiro atoms. The molecule has 0 atom stereocenters. The number of rotatable bonds is 11. The molecule has 0 unspecified atom stereocenters. The van der Waals surface area contributed by atoms with E-state index in [0.717, 1.165) is 43.7 Å². The summed E-state index contributed by atoms with van der Waals surface area (Å²) in [7, 11) is 0. The van der Waals surface area contributed by atoms with Gasteiger partial charge in [-0.25, -0.2) is 13.6 Å². The molecular formula is C22H25F2NO4. The van der Waals surface area contributed by atoms with Crippen LogP contribution in [-0.4, -0.2) is 29.5 Å². The van der Waals surface area contributed by atoms with Crippen LogP contribution in [0.5, 0.6) is 5.75 Å². The van der Waals surface area contributed by atoms with Crippen molar-refractivity contribution in [1.82, 2.24) is 5.32 Å². The highest BCUT2D eigenvalue weighted by Crippen LogP contribution is 2.40. The van der Waals surface area contributed by atoms with Gasteiger partial charge in [0, 0.05) is 17.8 Å². The number of hydrogen-bond donors (Lipinski definition) is 2. The molecule has 3 rings (SSSR count). The van der Waals surface area contributed by atoms with Crippen LogP contribution in [0.1, 0.15) is 55.2 Å². The van der Waals surface area contributed by atoms with Crippen molar-refractivity contribution in [3.63, 3.8) is 0 Å². The Hall–Kier alpha value is -2.70. The number of aldehydes is 1. The molecule has 1 aromatic carbocycles. The van der Waals surface area contributed by atoms with Gasteiger partial charge < -0.3 is 15.2 Å². The van der Waals surface area contributed by atoms with Gasteiger partial charge >= 0.3 is 5.97 Å². The normalized spacial score (nSPS) is 18.2. The molecule has 2 N–H and O–H groups in total. The van der Waals surface area contributed by atoms with E-state index in [4.69, 9.17) is 9.84 Å².